The number of sulfonamides is 1. The summed E-state index contributed by atoms with van der Waals surface area (Å²) in [5, 5.41) is 2.65. The molecule has 6 nitrogen and oxygen atoms in total. The first kappa shape index (κ1) is 24.9. The molecule has 1 aliphatic rings. The first-order valence-electron chi connectivity index (χ1n) is 11.7. The van der Waals surface area contributed by atoms with Crippen LogP contribution in [-0.4, -0.2) is 44.3 Å². The van der Waals surface area contributed by atoms with Crippen molar-refractivity contribution < 1.29 is 17.6 Å². The zero-order valence-electron chi connectivity index (χ0n) is 20.2. The van der Waals surface area contributed by atoms with Crippen molar-refractivity contribution in [3.8, 4) is 0 Å². The van der Waals surface area contributed by atoms with Crippen LogP contribution in [0.1, 0.15) is 35.3 Å². The van der Waals surface area contributed by atoms with E-state index in [1.54, 1.807) is 12.1 Å². The van der Waals surface area contributed by atoms with Gasteiger partial charge in [-0.25, -0.2) is 12.8 Å². The Labute approximate surface area is 206 Å². The fraction of sp³-hybridized carbons (Fsp3) is 0.296. The standard InChI is InChI=1S/C27H30FN3O3S/c1-4-21-7-9-22(10-8-21)29-27(32)25-17-24(13-14-26(25)28)35(33,34)30-15-16-31(20(3)18-30)23-11-5-19(2)6-12-23/h5-14,17,20H,4,15-16,18H2,1-3H3,(H,29,32). The minimum atomic E-state index is -3.90. The van der Waals surface area contributed by atoms with E-state index < -0.39 is 21.7 Å². The smallest absolute Gasteiger partial charge is 0.258 e. The van der Waals surface area contributed by atoms with Gasteiger partial charge in [0.1, 0.15) is 5.82 Å². The average molecular weight is 496 g/mol. The van der Waals surface area contributed by atoms with Gasteiger partial charge in [-0.1, -0.05) is 36.8 Å². The Balaban J connectivity index is 1.51. The molecule has 3 aromatic carbocycles. The SMILES string of the molecule is CCc1ccc(NC(=O)c2cc(S(=O)(=O)N3CCN(c4ccc(C)cc4)C(C)C3)ccc2F)cc1. The predicted molar refractivity (Wildman–Crippen MR) is 137 cm³/mol. The molecule has 1 aliphatic heterocycles. The Bertz CT molecular complexity index is 1310. The fourth-order valence-corrected chi connectivity index (χ4v) is 5.81. The summed E-state index contributed by atoms with van der Waals surface area (Å²) in [7, 11) is -3.90. The number of piperazine rings is 1. The number of carbonyl (C=O) groups excluding carboxylic acids is 1. The number of hydrogen-bond acceptors (Lipinski definition) is 4. The van der Waals surface area contributed by atoms with Gasteiger partial charge in [0.2, 0.25) is 10.0 Å². The van der Waals surface area contributed by atoms with Crippen molar-refractivity contribution >= 4 is 27.3 Å². The van der Waals surface area contributed by atoms with Crippen LogP contribution in [0.3, 0.4) is 0 Å². The Morgan fingerprint density at radius 2 is 1.71 bits per heavy atom. The second kappa shape index (κ2) is 10.2. The van der Waals surface area contributed by atoms with Crippen LogP contribution in [0.5, 0.6) is 0 Å². The minimum Gasteiger partial charge on any atom is -0.366 e. The molecule has 1 heterocycles. The van der Waals surface area contributed by atoms with E-state index >= 15 is 0 Å². The molecule has 0 bridgehead atoms. The monoisotopic (exact) mass is 495 g/mol. The topological polar surface area (TPSA) is 69.7 Å². The molecule has 3 aromatic rings. The number of aryl methyl sites for hydroxylation is 2. The number of nitrogens with zero attached hydrogens (tertiary/aromatic N) is 2. The number of benzene rings is 3. The third-order valence-electron chi connectivity index (χ3n) is 6.40. The lowest BCUT2D eigenvalue weighted by Crippen LogP contribution is -2.53. The van der Waals surface area contributed by atoms with E-state index in [-0.39, 0.29) is 16.5 Å². The van der Waals surface area contributed by atoms with E-state index in [1.165, 1.54) is 10.4 Å². The molecule has 1 unspecified atom stereocenters. The number of hydrogen-bond donors (Lipinski definition) is 1. The van der Waals surface area contributed by atoms with Crippen molar-refractivity contribution in [2.45, 2.75) is 38.1 Å². The van der Waals surface area contributed by atoms with Gasteiger partial charge in [-0.3, -0.25) is 4.79 Å². The van der Waals surface area contributed by atoms with Crippen molar-refractivity contribution in [2.75, 3.05) is 29.9 Å². The molecule has 1 atom stereocenters. The molecular formula is C27H30FN3O3S. The molecule has 1 N–H and O–H groups in total. The maximum absolute atomic E-state index is 14.5. The summed E-state index contributed by atoms with van der Waals surface area (Å²) in [6.45, 7) is 7.15. The van der Waals surface area contributed by atoms with Gasteiger partial charge in [-0.2, -0.15) is 4.31 Å². The van der Waals surface area contributed by atoms with Crippen molar-refractivity contribution in [1.82, 2.24) is 4.31 Å². The van der Waals surface area contributed by atoms with E-state index in [0.717, 1.165) is 35.4 Å². The van der Waals surface area contributed by atoms with Crippen LogP contribution in [-0.2, 0) is 16.4 Å². The van der Waals surface area contributed by atoms with E-state index in [1.807, 2.05) is 57.2 Å². The molecule has 1 saturated heterocycles. The van der Waals surface area contributed by atoms with Crippen molar-refractivity contribution in [1.29, 1.82) is 0 Å². The largest absolute Gasteiger partial charge is 0.366 e. The summed E-state index contributed by atoms with van der Waals surface area (Å²) in [6, 6.07) is 18.7. The number of carbonyl (C=O) groups is 1. The van der Waals surface area contributed by atoms with E-state index in [4.69, 9.17) is 0 Å². The molecule has 35 heavy (non-hydrogen) atoms. The maximum atomic E-state index is 14.5. The molecule has 0 radical (unpaired) electrons. The molecule has 1 amide bonds. The molecule has 0 saturated carbocycles. The second-order valence-electron chi connectivity index (χ2n) is 8.89. The van der Waals surface area contributed by atoms with Crippen LogP contribution in [0.4, 0.5) is 15.8 Å². The molecule has 8 heteroatoms. The highest BCUT2D eigenvalue weighted by atomic mass is 32.2. The summed E-state index contributed by atoms with van der Waals surface area (Å²) in [4.78, 5) is 14.8. The zero-order valence-corrected chi connectivity index (χ0v) is 21.0. The van der Waals surface area contributed by atoms with E-state index in [2.05, 4.69) is 10.2 Å². The highest BCUT2D eigenvalue weighted by molar-refractivity contribution is 7.89. The minimum absolute atomic E-state index is 0.0458. The number of nitrogens with one attached hydrogen (secondary N) is 1. The number of amides is 1. The lowest BCUT2D eigenvalue weighted by atomic mass is 10.1. The lowest BCUT2D eigenvalue weighted by Gasteiger charge is -2.40. The van der Waals surface area contributed by atoms with Crippen LogP contribution < -0.4 is 10.2 Å². The van der Waals surface area contributed by atoms with Crippen LogP contribution >= 0.6 is 0 Å². The van der Waals surface area contributed by atoms with Crippen LogP contribution in [0.2, 0.25) is 0 Å². The van der Waals surface area contributed by atoms with Gasteiger partial charge >= 0.3 is 0 Å². The third kappa shape index (κ3) is 5.39. The summed E-state index contributed by atoms with van der Waals surface area (Å²) < 4.78 is 42.7. The highest BCUT2D eigenvalue weighted by Gasteiger charge is 2.33. The van der Waals surface area contributed by atoms with Crippen LogP contribution in [0, 0.1) is 12.7 Å². The van der Waals surface area contributed by atoms with Crippen LogP contribution in [0.25, 0.3) is 0 Å². The quantitative estimate of drug-likeness (QED) is 0.531. The summed E-state index contributed by atoms with van der Waals surface area (Å²) in [6.07, 6.45) is 0.862. The Morgan fingerprint density at radius 1 is 1.03 bits per heavy atom. The fourth-order valence-electron chi connectivity index (χ4n) is 4.27. The summed E-state index contributed by atoms with van der Waals surface area (Å²) >= 11 is 0. The van der Waals surface area contributed by atoms with Gasteiger partial charge in [0.15, 0.2) is 0 Å². The molecule has 0 spiro atoms. The Hall–Kier alpha value is -3.23. The average Bonchev–Trinajstić information content (AvgIpc) is 2.85. The van der Waals surface area contributed by atoms with Gasteiger partial charge < -0.3 is 10.2 Å². The maximum Gasteiger partial charge on any atom is 0.258 e. The van der Waals surface area contributed by atoms with Crippen LogP contribution in [0.15, 0.2) is 71.6 Å². The van der Waals surface area contributed by atoms with E-state index in [0.29, 0.717) is 25.3 Å². The number of anilines is 2. The van der Waals surface area contributed by atoms with Crippen molar-refractivity contribution in [2.24, 2.45) is 0 Å². The Morgan fingerprint density at radius 3 is 2.34 bits per heavy atom. The number of rotatable bonds is 6. The lowest BCUT2D eigenvalue weighted by molar-refractivity contribution is 0.102. The zero-order chi connectivity index (χ0) is 25.2. The molecule has 0 aliphatic carbocycles. The van der Waals surface area contributed by atoms with Crippen molar-refractivity contribution in [3.63, 3.8) is 0 Å². The molecular weight excluding hydrogens is 465 g/mol. The van der Waals surface area contributed by atoms with Gasteiger partial charge in [0.25, 0.3) is 5.91 Å². The summed E-state index contributed by atoms with van der Waals surface area (Å²) in [5.74, 6) is -1.47. The molecule has 184 valence electrons. The predicted octanol–water partition coefficient (Wildman–Crippen LogP) is 4.85. The van der Waals surface area contributed by atoms with Gasteiger partial charge in [0, 0.05) is 37.1 Å². The molecule has 1 fully saturated rings. The first-order chi connectivity index (χ1) is 16.7. The highest BCUT2D eigenvalue weighted by Crippen LogP contribution is 2.26. The molecule has 0 aromatic heterocycles. The summed E-state index contributed by atoms with van der Waals surface area (Å²) in [5.41, 5.74) is 3.53. The van der Waals surface area contributed by atoms with E-state index in [9.17, 15) is 17.6 Å². The Kier molecular flexibility index (Phi) is 7.23. The van der Waals surface area contributed by atoms with Gasteiger partial charge in [-0.15, -0.1) is 0 Å². The second-order valence-corrected chi connectivity index (χ2v) is 10.8. The molecule has 4 rings (SSSR count). The van der Waals surface area contributed by atoms with Crippen molar-refractivity contribution in [3.05, 3.63) is 89.2 Å². The third-order valence-corrected chi connectivity index (χ3v) is 8.26. The van der Waals surface area contributed by atoms with Gasteiger partial charge in [0.05, 0.1) is 10.5 Å². The number of halogens is 1. The first-order valence-corrected chi connectivity index (χ1v) is 13.2. The normalized spacial score (nSPS) is 16.8. The van der Waals surface area contributed by atoms with Gasteiger partial charge in [-0.05, 0) is 68.3 Å².